The predicted molar refractivity (Wildman–Crippen MR) is 135 cm³/mol. The third-order valence-electron chi connectivity index (χ3n) is 5.05. The van der Waals surface area contributed by atoms with Crippen molar-refractivity contribution in [1.82, 2.24) is 16.0 Å². The molecule has 0 aliphatic heterocycles. The van der Waals surface area contributed by atoms with E-state index in [1.54, 1.807) is 35.3 Å². The van der Waals surface area contributed by atoms with Crippen molar-refractivity contribution in [2.45, 2.75) is 44.3 Å². The molecule has 0 aliphatic rings. The van der Waals surface area contributed by atoms with Crippen molar-refractivity contribution in [1.29, 1.82) is 0 Å². The molecule has 12 heteroatoms. The van der Waals surface area contributed by atoms with Crippen LogP contribution in [0.2, 0.25) is 0 Å². The lowest BCUT2D eigenvalue weighted by atomic mass is 9.88. The molecular weight excluding hydrogens is 474 g/mol. The maximum absolute atomic E-state index is 11.6. The van der Waals surface area contributed by atoms with Gasteiger partial charge in [0.2, 0.25) is 0 Å². The van der Waals surface area contributed by atoms with Crippen molar-refractivity contribution >= 4 is 53.2 Å². The molecule has 0 saturated heterocycles. The molecule has 0 rings (SSSR count). The molecule has 0 amide bonds. The monoisotopic (exact) mass is 513 g/mol. The quantitative estimate of drug-likeness (QED) is 0.132. The van der Waals surface area contributed by atoms with Gasteiger partial charge in [-0.2, -0.15) is 35.3 Å². The average Bonchev–Trinajstić information content (AvgIpc) is 2.73. The number of aliphatic carboxylic acids is 3. The lowest BCUT2D eigenvalue weighted by molar-refractivity contribution is -0.140. The fourth-order valence-electron chi connectivity index (χ4n) is 2.94. The van der Waals surface area contributed by atoms with Crippen LogP contribution in [0.15, 0.2) is 0 Å². The molecule has 0 bridgehead atoms. The van der Waals surface area contributed by atoms with Crippen molar-refractivity contribution in [3.8, 4) is 0 Å². The number of hydrogen-bond donors (Lipinski definition) is 6. The molecule has 3 atom stereocenters. The summed E-state index contributed by atoms with van der Waals surface area (Å²) in [6.45, 7) is 2.78. The summed E-state index contributed by atoms with van der Waals surface area (Å²) in [6, 6.07) is -2.17. The Morgan fingerprint density at radius 2 is 0.906 bits per heavy atom. The zero-order valence-corrected chi connectivity index (χ0v) is 21.8. The second kappa shape index (κ2) is 17.8. The van der Waals surface area contributed by atoms with E-state index in [-0.39, 0.29) is 0 Å². The molecule has 0 radical (unpaired) electrons. The van der Waals surface area contributed by atoms with Crippen LogP contribution in [-0.4, -0.2) is 107 Å². The molecule has 0 fully saturated rings. The first-order valence-electron chi connectivity index (χ1n) is 10.5. The Kier molecular flexibility index (Phi) is 17.4. The van der Waals surface area contributed by atoms with Gasteiger partial charge in [-0.1, -0.05) is 6.92 Å². The molecule has 32 heavy (non-hydrogen) atoms. The van der Waals surface area contributed by atoms with Crippen LogP contribution in [0.25, 0.3) is 0 Å². The summed E-state index contributed by atoms with van der Waals surface area (Å²) in [5.41, 5.74) is -0.604. The largest absolute Gasteiger partial charge is 0.480 e. The van der Waals surface area contributed by atoms with Gasteiger partial charge < -0.3 is 31.3 Å². The average molecular weight is 514 g/mol. The molecular formula is C20H39N3O6S3. The second-order valence-corrected chi connectivity index (χ2v) is 10.9. The maximum Gasteiger partial charge on any atom is 0.320 e. The minimum atomic E-state index is -0.936. The lowest BCUT2D eigenvalue weighted by Crippen LogP contribution is -2.54. The zero-order chi connectivity index (χ0) is 24.6. The Labute approximate surface area is 204 Å². The van der Waals surface area contributed by atoms with Gasteiger partial charge in [-0.25, -0.2) is 0 Å². The van der Waals surface area contributed by atoms with Crippen LogP contribution in [-0.2, 0) is 14.4 Å². The minimum Gasteiger partial charge on any atom is -0.480 e. The highest BCUT2D eigenvalue weighted by molar-refractivity contribution is 7.98. The maximum atomic E-state index is 11.6. The summed E-state index contributed by atoms with van der Waals surface area (Å²) in [6.07, 6.45) is 7.13. The third-order valence-corrected chi connectivity index (χ3v) is 6.98. The van der Waals surface area contributed by atoms with Crippen LogP contribution >= 0.6 is 35.3 Å². The van der Waals surface area contributed by atoms with Gasteiger partial charge in [-0.05, 0) is 55.3 Å². The first-order chi connectivity index (χ1) is 15.1. The number of carboxylic acid groups (broad SMARTS) is 3. The van der Waals surface area contributed by atoms with E-state index in [0.717, 1.165) is 0 Å². The molecule has 0 aromatic rings. The Hall–Kier alpha value is -0.660. The van der Waals surface area contributed by atoms with Crippen molar-refractivity contribution in [2.75, 3.05) is 55.7 Å². The van der Waals surface area contributed by atoms with Crippen LogP contribution < -0.4 is 16.0 Å². The van der Waals surface area contributed by atoms with Gasteiger partial charge in [0.25, 0.3) is 0 Å². The predicted octanol–water partition coefficient (Wildman–Crippen LogP) is 1.38. The highest BCUT2D eigenvalue weighted by atomic mass is 32.2. The highest BCUT2D eigenvalue weighted by Crippen LogP contribution is 2.16. The fraction of sp³-hybridized carbons (Fsp3) is 0.850. The van der Waals surface area contributed by atoms with Gasteiger partial charge in [-0.3, -0.25) is 14.4 Å². The number of hydrogen-bond acceptors (Lipinski definition) is 9. The molecule has 6 N–H and O–H groups in total. The van der Waals surface area contributed by atoms with Crippen LogP contribution in [0, 0.1) is 5.41 Å². The number of carbonyl (C=O) groups is 3. The molecule has 0 aliphatic carbocycles. The van der Waals surface area contributed by atoms with Gasteiger partial charge >= 0.3 is 17.9 Å². The first-order valence-corrected chi connectivity index (χ1v) is 14.6. The topological polar surface area (TPSA) is 148 Å². The zero-order valence-electron chi connectivity index (χ0n) is 19.4. The number of carboxylic acids is 3. The van der Waals surface area contributed by atoms with E-state index < -0.39 is 41.4 Å². The standard InChI is InChI=1S/C20H39N3O6S3/c1-20(11-21-14(17(24)25)5-8-30-2,12-22-15(18(26)27)6-9-31-3)13-23-16(19(28)29)7-10-32-4/h14-16,21-23H,5-13H2,1-4H3,(H,24,25)(H,26,27)(H,28,29)/t14-,15-,16-/m0/s1. The van der Waals surface area contributed by atoms with Crippen LogP contribution in [0.4, 0.5) is 0 Å². The fourth-order valence-corrected chi connectivity index (χ4v) is 4.36. The van der Waals surface area contributed by atoms with Gasteiger partial charge in [-0.15, -0.1) is 0 Å². The molecule has 0 heterocycles. The summed E-state index contributed by atoms with van der Waals surface area (Å²) in [4.78, 5) is 34.8. The minimum absolute atomic E-state index is 0.294. The summed E-state index contributed by atoms with van der Waals surface area (Å²) >= 11 is 4.70. The van der Waals surface area contributed by atoms with E-state index in [1.165, 1.54) is 0 Å². The summed E-state index contributed by atoms with van der Waals surface area (Å²) < 4.78 is 0. The van der Waals surface area contributed by atoms with Crippen molar-refractivity contribution < 1.29 is 29.7 Å². The van der Waals surface area contributed by atoms with Gasteiger partial charge in [0.05, 0.1) is 0 Å². The second-order valence-electron chi connectivity index (χ2n) is 7.97. The summed E-state index contributed by atoms with van der Waals surface area (Å²) in [7, 11) is 0. The Morgan fingerprint density at radius 3 is 1.09 bits per heavy atom. The SMILES string of the molecule is CSCC[C@H](NCC(C)(CN[C@@H](CCSC)C(=O)O)CN[C@@H](CCSC)C(=O)O)C(=O)O. The van der Waals surface area contributed by atoms with Gasteiger partial charge in [0.1, 0.15) is 18.1 Å². The molecule has 0 saturated carbocycles. The molecule has 0 unspecified atom stereocenters. The lowest BCUT2D eigenvalue weighted by Gasteiger charge is -2.34. The molecule has 188 valence electrons. The molecule has 0 spiro atoms. The molecule has 0 aromatic carbocycles. The van der Waals surface area contributed by atoms with Gasteiger partial charge in [0.15, 0.2) is 0 Å². The van der Waals surface area contributed by atoms with Crippen LogP contribution in [0.3, 0.4) is 0 Å². The Balaban J connectivity index is 5.32. The van der Waals surface area contributed by atoms with Crippen molar-refractivity contribution in [3.63, 3.8) is 0 Å². The van der Waals surface area contributed by atoms with Crippen LogP contribution in [0.1, 0.15) is 26.2 Å². The number of thioether (sulfide) groups is 3. The first kappa shape index (κ1) is 31.3. The van der Waals surface area contributed by atoms with Gasteiger partial charge in [0, 0.05) is 25.0 Å². The molecule has 9 nitrogen and oxygen atoms in total. The summed E-state index contributed by atoms with van der Waals surface area (Å²) in [5, 5.41) is 37.8. The van der Waals surface area contributed by atoms with E-state index in [1.807, 2.05) is 25.7 Å². The normalized spacial score (nSPS) is 14.6. The summed E-state index contributed by atoms with van der Waals surface area (Å²) in [5.74, 6) is -0.717. The van der Waals surface area contributed by atoms with Crippen molar-refractivity contribution in [3.05, 3.63) is 0 Å². The highest BCUT2D eigenvalue weighted by Gasteiger charge is 2.31. The van der Waals surface area contributed by atoms with E-state index in [4.69, 9.17) is 0 Å². The van der Waals surface area contributed by atoms with E-state index in [9.17, 15) is 29.7 Å². The number of rotatable bonds is 21. The van der Waals surface area contributed by atoms with E-state index in [2.05, 4.69) is 16.0 Å². The molecule has 0 aromatic heterocycles. The van der Waals surface area contributed by atoms with Crippen molar-refractivity contribution in [2.24, 2.45) is 5.41 Å². The van der Waals surface area contributed by atoms with E-state index >= 15 is 0 Å². The Bertz CT molecular complexity index is 497. The third kappa shape index (κ3) is 13.8. The number of nitrogens with one attached hydrogen (secondary N) is 3. The van der Waals surface area contributed by atoms with E-state index in [0.29, 0.717) is 56.2 Å². The Morgan fingerprint density at radius 1 is 0.656 bits per heavy atom. The van der Waals surface area contributed by atoms with Crippen LogP contribution in [0.5, 0.6) is 0 Å². The smallest absolute Gasteiger partial charge is 0.320 e.